The van der Waals surface area contributed by atoms with Gasteiger partial charge >= 0.3 is 0 Å². The molecule has 0 bridgehead atoms. The highest BCUT2D eigenvalue weighted by Gasteiger charge is 2.29. The Bertz CT molecular complexity index is 2600. The number of ether oxygens (including phenoxy) is 1. The zero-order valence-corrected chi connectivity index (χ0v) is 35.5. The second-order valence-electron chi connectivity index (χ2n) is 16.4. The van der Waals surface area contributed by atoms with Crippen molar-refractivity contribution in [3.8, 4) is 0 Å². The summed E-state index contributed by atoms with van der Waals surface area (Å²) in [7, 11) is 0. The fourth-order valence-electron chi connectivity index (χ4n) is 8.39. The summed E-state index contributed by atoms with van der Waals surface area (Å²) in [6.07, 6.45) is 3.54. The van der Waals surface area contributed by atoms with Crippen molar-refractivity contribution >= 4 is 69.6 Å². The van der Waals surface area contributed by atoms with Gasteiger partial charge in [0.05, 0.1) is 11.1 Å². The maximum absolute atomic E-state index is 14.0. The molecule has 1 atom stereocenters. The third kappa shape index (κ3) is 10.9. The number of imide groups is 1. The van der Waals surface area contributed by atoms with Gasteiger partial charge in [-0.15, -0.1) is 0 Å². The molecule has 5 amide bonds. The van der Waals surface area contributed by atoms with Crippen molar-refractivity contribution in [1.82, 2.24) is 25.7 Å². The summed E-state index contributed by atoms with van der Waals surface area (Å²) in [6.45, 7) is 3.89. The van der Waals surface area contributed by atoms with Gasteiger partial charge in [-0.2, -0.15) is 5.10 Å². The zero-order valence-electron chi connectivity index (χ0n) is 35.5. The topological polar surface area (TPSA) is 207 Å². The first-order valence-electron chi connectivity index (χ1n) is 21.7. The number of piperazine rings is 1. The smallest absolute Gasteiger partial charge is 0.258 e. The maximum atomic E-state index is 14.0. The van der Waals surface area contributed by atoms with Gasteiger partial charge in [-0.05, 0) is 104 Å². The fourth-order valence-corrected chi connectivity index (χ4v) is 8.39. The second kappa shape index (κ2) is 20.1. The third-order valence-electron chi connectivity index (χ3n) is 11.9. The summed E-state index contributed by atoms with van der Waals surface area (Å²) in [5.74, 6) is -2.88. The Morgan fingerprint density at radius 1 is 0.846 bits per heavy atom. The number of aldehydes is 1. The Kier molecular flexibility index (Phi) is 13.7. The van der Waals surface area contributed by atoms with Gasteiger partial charge in [0.15, 0.2) is 12.1 Å². The summed E-state index contributed by atoms with van der Waals surface area (Å²) >= 11 is 0. The Balaban J connectivity index is 0.853. The number of rotatable bonds is 15. The number of anilines is 4. The van der Waals surface area contributed by atoms with E-state index in [1.165, 1.54) is 24.3 Å². The molecule has 18 heteroatoms. The molecule has 3 aliphatic heterocycles. The van der Waals surface area contributed by atoms with E-state index in [1.807, 2.05) is 35.2 Å². The van der Waals surface area contributed by atoms with Crippen LogP contribution in [0.3, 0.4) is 0 Å². The third-order valence-corrected chi connectivity index (χ3v) is 11.9. The van der Waals surface area contributed by atoms with Gasteiger partial charge in [0.1, 0.15) is 17.7 Å². The summed E-state index contributed by atoms with van der Waals surface area (Å²) in [4.78, 5) is 79.5. The number of amides is 5. The van der Waals surface area contributed by atoms with Crippen LogP contribution in [0.25, 0.3) is 10.9 Å². The van der Waals surface area contributed by atoms with Gasteiger partial charge in [0.25, 0.3) is 11.8 Å². The van der Waals surface area contributed by atoms with Crippen LogP contribution in [-0.2, 0) is 25.5 Å². The van der Waals surface area contributed by atoms with E-state index in [1.54, 1.807) is 12.1 Å². The fraction of sp³-hybridized carbons (Fsp3) is 0.340. The number of aromatic nitrogens is 2. The number of carbonyl (C=O) groups excluding carboxylic acids is 6. The van der Waals surface area contributed by atoms with Gasteiger partial charge in [-0.1, -0.05) is 6.07 Å². The largest absolute Gasteiger partial charge is 0.385 e. The van der Waals surface area contributed by atoms with E-state index in [0.717, 1.165) is 30.2 Å². The van der Waals surface area contributed by atoms with E-state index in [4.69, 9.17) is 4.74 Å². The molecule has 338 valence electrons. The minimum absolute atomic E-state index is 0.0234. The number of H-pyrrole nitrogens is 1. The Hall–Kier alpha value is -7.21. The molecule has 3 fully saturated rings. The molecule has 0 aliphatic carbocycles. The minimum Gasteiger partial charge on any atom is -0.385 e. The highest BCUT2D eigenvalue weighted by Crippen LogP contribution is 2.30. The molecule has 5 aromatic rings. The molecule has 0 saturated carbocycles. The molecule has 1 unspecified atom stereocenters. The molecule has 4 aromatic carbocycles. The van der Waals surface area contributed by atoms with Crippen LogP contribution in [0.1, 0.15) is 80.7 Å². The lowest BCUT2D eigenvalue weighted by molar-refractivity contribution is -0.134. The molecular formula is C47H49F2N9O7. The van der Waals surface area contributed by atoms with Crippen LogP contribution in [0, 0.1) is 11.6 Å². The summed E-state index contributed by atoms with van der Waals surface area (Å²) in [5.41, 5.74) is 4.80. The summed E-state index contributed by atoms with van der Waals surface area (Å²) in [6, 6.07) is 18.5. The second-order valence-corrected chi connectivity index (χ2v) is 16.4. The highest BCUT2D eigenvalue weighted by atomic mass is 19.1. The number of fused-ring (bicyclic) bond motifs is 1. The van der Waals surface area contributed by atoms with Crippen molar-refractivity contribution in [1.29, 1.82) is 0 Å². The number of carbonyl (C=O) groups is 6. The first kappa shape index (κ1) is 44.4. The van der Waals surface area contributed by atoms with Gasteiger partial charge in [-0.25, -0.2) is 8.78 Å². The molecule has 0 spiro atoms. The van der Waals surface area contributed by atoms with Crippen LogP contribution >= 0.6 is 0 Å². The number of benzene rings is 4. The highest BCUT2D eigenvalue weighted by molar-refractivity contribution is 6.11. The molecular weight excluding hydrogens is 841 g/mol. The van der Waals surface area contributed by atoms with Crippen LogP contribution in [0.5, 0.6) is 0 Å². The Labute approximate surface area is 372 Å². The van der Waals surface area contributed by atoms with Crippen molar-refractivity contribution in [2.45, 2.75) is 57.0 Å². The summed E-state index contributed by atoms with van der Waals surface area (Å²) < 4.78 is 33.3. The van der Waals surface area contributed by atoms with E-state index >= 15 is 0 Å². The number of aromatic amines is 1. The van der Waals surface area contributed by atoms with Crippen molar-refractivity contribution in [3.63, 3.8) is 0 Å². The monoisotopic (exact) mass is 889 g/mol. The average Bonchev–Trinajstić information content (AvgIpc) is 3.69. The molecule has 1 aromatic heterocycles. The van der Waals surface area contributed by atoms with Crippen molar-refractivity contribution < 1.29 is 42.3 Å². The molecule has 8 rings (SSSR count). The number of nitrogens with one attached hydrogen (secondary N) is 6. The van der Waals surface area contributed by atoms with E-state index in [2.05, 4.69) is 41.7 Å². The molecule has 3 aliphatic rings. The molecule has 65 heavy (non-hydrogen) atoms. The van der Waals surface area contributed by atoms with E-state index in [9.17, 15) is 37.5 Å². The van der Waals surface area contributed by atoms with Crippen LogP contribution in [0.2, 0.25) is 0 Å². The van der Waals surface area contributed by atoms with Crippen LogP contribution in [-0.4, -0.2) is 109 Å². The van der Waals surface area contributed by atoms with Crippen molar-refractivity contribution in [2.24, 2.45) is 0 Å². The van der Waals surface area contributed by atoms with Crippen LogP contribution in [0.4, 0.5) is 31.7 Å². The van der Waals surface area contributed by atoms with Crippen LogP contribution in [0.15, 0.2) is 72.8 Å². The number of halogens is 2. The van der Waals surface area contributed by atoms with Gasteiger partial charge in [-0.3, -0.25) is 39.2 Å². The lowest BCUT2D eigenvalue weighted by Crippen LogP contribution is -2.52. The Morgan fingerprint density at radius 2 is 1.62 bits per heavy atom. The van der Waals surface area contributed by atoms with E-state index in [0.29, 0.717) is 104 Å². The standard InChI is InChI=1S/C47H49F2N9O7/c48-31-21-29(22-32(49)25-31)20-28-3-8-39-38(23-28)44(56-55-39)54-46(63)37-7-5-35(26-41(37)51-33-11-18-65-19-12-33)57-14-16-58(17-15-57)43(61)2-1-13-50-34-4-6-36(30(24-34)27-59)45(62)52-40-9-10-42(60)53-47(40)64/h3-8,21-27,33,40,50-51H,1-2,9-20H2,(H,52,62)(H,53,60,64)(H2,54,55,56,63). The van der Waals surface area contributed by atoms with Crippen molar-refractivity contribution in [3.05, 3.63) is 112 Å². The average molecular weight is 890 g/mol. The van der Waals surface area contributed by atoms with Crippen molar-refractivity contribution in [2.75, 3.05) is 66.8 Å². The molecule has 4 heterocycles. The van der Waals surface area contributed by atoms with E-state index < -0.39 is 35.4 Å². The quantitative estimate of drug-likeness (QED) is 0.0460. The number of nitrogens with zero attached hydrogens (tertiary/aromatic N) is 3. The molecule has 0 radical (unpaired) electrons. The maximum Gasteiger partial charge on any atom is 0.258 e. The van der Waals surface area contributed by atoms with Gasteiger partial charge in [0.2, 0.25) is 17.7 Å². The summed E-state index contributed by atoms with van der Waals surface area (Å²) in [5, 5.41) is 22.5. The van der Waals surface area contributed by atoms with Gasteiger partial charge in [0, 0.05) is 104 Å². The first-order chi connectivity index (χ1) is 31.5. The number of hydrogen-bond donors (Lipinski definition) is 6. The number of piperidine rings is 1. The zero-order chi connectivity index (χ0) is 45.5. The first-order valence-corrected chi connectivity index (χ1v) is 21.7. The normalized spacial score (nSPS) is 16.8. The predicted molar refractivity (Wildman–Crippen MR) is 239 cm³/mol. The lowest BCUT2D eigenvalue weighted by Gasteiger charge is -2.36. The Morgan fingerprint density at radius 3 is 2.37 bits per heavy atom. The van der Waals surface area contributed by atoms with Crippen LogP contribution < -0.4 is 31.5 Å². The predicted octanol–water partition coefficient (Wildman–Crippen LogP) is 5.16. The molecule has 6 N–H and O–H groups in total. The van der Waals surface area contributed by atoms with Gasteiger partial charge < -0.3 is 35.8 Å². The lowest BCUT2D eigenvalue weighted by atomic mass is 10.0. The molecule has 3 saturated heterocycles. The SMILES string of the molecule is O=Cc1cc(NCCCC(=O)N2CCN(c3ccc(C(=O)Nc4n[nH]c5ccc(Cc6cc(F)cc(F)c6)cc45)c(NC4CCOCC4)c3)CC2)ccc1C(=O)NC1CCC(=O)NC1=O. The molecule has 16 nitrogen and oxygen atoms in total. The minimum atomic E-state index is -0.867. The number of hydrogen-bond acceptors (Lipinski definition) is 11. The van der Waals surface area contributed by atoms with E-state index in [-0.39, 0.29) is 48.2 Å².